The zero-order valence-electron chi connectivity index (χ0n) is 13.7. The second-order valence-corrected chi connectivity index (χ2v) is 8.04. The quantitative estimate of drug-likeness (QED) is 0.749. The van der Waals surface area contributed by atoms with Gasteiger partial charge in [0.1, 0.15) is 11.7 Å². The third-order valence-electron chi connectivity index (χ3n) is 3.20. The standard InChI is InChI=1S/C16H21ClN2O4S/c1-16(2,3)23-15(22)18-7-6-11(20)13(21)9-4-5-10-12(8-9)24-14(17)19-10/h4-5,8,11,13,20-21H,6-7H2,1-3H3,(H,18,22). The first-order valence-electron chi connectivity index (χ1n) is 7.55. The number of aliphatic hydroxyl groups excluding tert-OH is 2. The molecule has 0 saturated heterocycles. The van der Waals surface area contributed by atoms with E-state index < -0.39 is 23.9 Å². The van der Waals surface area contributed by atoms with Crippen molar-refractivity contribution in [3.05, 3.63) is 28.2 Å². The minimum Gasteiger partial charge on any atom is -0.444 e. The van der Waals surface area contributed by atoms with E-state index >= 15 is 0 Å². The number of aliphatic hydroxyl groups is 2. The van der Waals surface area contributed by atoms with Crippen LogP contribution in [0.2, 0.25) is 4.47 Å². The van der Waals surface area contributed by atoms with Crippen LogP contribution in [0.15, 0.2) is 18.2 Å². The average molecular weight is 373 g/mol. The smallest absolute Gasteiger partial charge is 0.407 e. The highest BCUT2D eigenvalue weighted by Crippen LogP contribution is 2.29. The van der Waals surface area contributed by atoms with Crippen molar-refractivity contribution < 1.29 is 19.7 Å². The highest BCUT2D eigenvalue weighted by atomic mass is 35.5. The van der Waals surface area contributed by atoms with Crippen LogP contribution in [0.25, 0.3) is 10.2 Å². The number of nitrogens with one attached hydrogen (secondary N) is 1. The second-order valence-electron chi connectivity index (χ2n) is 6.42. The summed E-state index contributed by atoms with van der Waals surface area (Å²) < 4.78 is 6.38. The summed E-state index contributed by atoms with van der Waals surface area (Å²) in [4.78, 5) is 15.7. The Labute approximate surface area is 149 Å². The van der Waals surface area contributed by atoms with E-state index in [1.54, 1.807) is 39.0 Å². The van der Waals surface area contributed by atoms with E-state index in [1.807, 2.05) is 0 Å². The number of carbonyl (C=O) groups is 1. The van der Waals surface area contributed by atoms with Crippen LogP contribution in [0.5, 0.6) is 0 Å². The van der Waals surface area contributed by atoms with Gasteiger partial charge in [0.05, 0.1) is 16.3 Å². The van der Waals surface area contributed by atoms with E-state index in [9.17, 15) is 15.0 Å². The number of hydrogen-bond acceptors (Lipinski definition) is 6. The van der Waals surface area contributed by atoms with Crippen LogP contribution in [-0.4, -0.2) is 39.5 Å². The van der Waals surface area contributed by atoms with E-state index in [4.69, 9.17) is 16.3 Å². The molecule has 8 heteroatoms. The predicted octanol–water partition coefficient (Wildman–Crippen LogP) is 3.26. The van der Waals surface area contributed by atoms with Gasteiger partial charge in [0.25, 0.3) is 0 Å². The fraction of sp³-hybridized carbons (Fsp3) is 0.500. The summed E-state index contributed by atoms with van der Waals surface area (Å²) >= 11 is 7.18. The molecular formula is C16H21ClN2O4S. The molecule has 2 unspecified atom stereocenters. The van der Waals surface area contributed by atoms with Gasteiger partial charge in [-0.3, -0.25) is 0 Å². The van der Waals surface area contributed by atoms with Crippen LogP contribution in [0.4, 0.5) is 4.79 Å². The van der Waals surface area contributed by atoms with Crippen LogP contribution in [0, 0.1) is 0 Å². The first kappa shape index (κ1) is 18.9. The maximum absolute atomic E-state index is 11.5. The summed E-state index contributed by atoms with van der Waals surface area (Å²) in [5.41, 5.74) is 0.753. The minimum absolute atomic E-state index is 0.196. The van der Waals surface area contributed by atoms with Gasteiger partial charge in [-0.25, -0.2) is 9.78 Å². The largest absolute Gasteiger partial charge is 0.444 e. The molecule has 0 radical (unpaired) electrons. The molecule has 3 N–H and O–H groups in total. The van der Waals surface area contributed by atoms with Gasteiger partial charge < -0.3 is 20.3 Å². The maximum atomic E-state index is 11.5. The average Bonchev–Trinajstić information content (AvgIpc) is 2.83. The number of fused-ring (bicyclic) bond motifs is 1. The van der Waals surface area contributed by atoms with Crippen LogP contribution < -0.4 is 5.32 Å². The van der Waals surface area contributed by atoms with Gasteiger partial charge in [-0.15, -0.1) is 11.3 Å². The Bertz CT molecular complexity index is 714. The number of hydrogen-bond donors (Lipinski definition) is 3. The van der Waals surface area contributed by atoms with Crippen molar-refractivity contribution in [3.63, 3.8) is 0 Å². The van der Waals surface area contributed by atoms with E-state index in [2.05, 4.69) is 10.3 Å². The van der Waals surface area contributed by atoms with Crippen LogP contribution in [0.3, 0.4) is 0 Å². The van der Waals surface area contributed by atoms with E-state index in [0.29, 0.717) is 10.0 Å². The van der Waals surface area contributed by atoms with Crippen molar-refractivity contribution >= 4 is 39.2 Å². The number of nitrogens with zero attached hydrogens (tertiary/aromatic N) is 1. The molecule has 0 saturated carbocycles. The molecule has 24 heavy (non-hydrogen) atoms. The number of amides is 1. The van der Waals surface area contributed by atoms with Crippen molar-refractivity contribution in [2.24, 2.45) is 0 Å². The van der Waals surface area contributed by atoms with E-state index in [1.165, 1.54) is 11.3 Å². The summed E-state index contributed by atoms with van der Waals surface area (Å²) in [7, 11) is 0. The molecule has 0 bridgehead atoms. The van der Waals surface area contributed by atoms with Gasteiger partial charge in [-0.1, -0.05) is 17.7 Å². The number of thiazole rings is 1. The molecule has 6 nitrogen and oxygen atoms in total. The molecule has 0 aliphatic rings. The molecule has 2 rings (SSSR count). The molecule has 0 fully saturated rings. The Morgan fingerprint density at radius 2 is 2.12 bits per heavy atom. The molecule has 0 spiro atoms. The van der Waals surface area contributed by atoms with Crippen molar-refractivity contribution in [1.82, 2.24) is 10.3 Å². The molecule has 1 amide bonds. The normalized spacial score (nSPS) is 14.4. The lowest BCUT2D eigenvalue weighted by atomic mass is 10.0. The van der Waals surface area contributed by atoms with Crippen LogP contribution in [0.1, 0.15) is 38.9 Å². The lowest BCUT2D eigenvalue weighted by Crippen LogP contribution is -2.34. The van der Waals surface area contributed by atoms with Gasteiger partial charge in [0.2, 0.25) is 0 Å². The molecule has 2 atom stereocenters. The zero-order chi connectivity index (χ0) is 17.9. The number of aromatic nitrogens is 1. The zero-order valence-corrected chi connectivity index (χ0v) is 15.3. The summed E-state index contributed by atoms with van der Waals surface area (Å²) in [5.74, 6) is 0. The lowest BCUT2D eigenvalue weighted by molar-refractivity contribution is 0.0124. The molecule has 132 valence electrons. The van der Waals surface area contributed by atoms with Gasteiger partial charge in [-0.05, 0) is 44.9 Å². The van der Waals surface area contributed by atoms with Crippen LogP contribution >= 0.6 is 22.9 Å². The summed E-state index contributed by atoms with van der Waals surface area (Å²) in [6, 6.07) is 5.21. The highest BCUT2D eigenvalue weighted by molar-refractivity contribution is 7.22. The molecule has 1 aromatic carbocycles. The van der Waals surface area contributed by atoms with Gasteiger partial charge >= 0.3 is 6.09 Å². The Kier molecular flexibility index (Phi) is 6.03. The highest BCUT2D eigenvalue weighted by Gasteiger charge is 2.20. The third kappa shape index (κ3) is 5.31. The first-order chi connectivity index (χ1) is 11.2. The Morgan fingerprint density at radius 3 is 2.79 bits per heavy atom. The lowest BCUT2D eigenvalue weighted by Gasteiger charge is -2.21. The number of benzene rings is 1. The fourth-order valence-corrected chi connectivity index (χ4v) is 3.19. The second kappa shape index (κ2) is 7.65. The topological polar surface area (TPSA) is 91.7 Å². The van der Waals surface area contributed by atoms with E-state index in [0.717, 1.165) is 10.2 Å². The van der Waals surface area contributed by atoms with Crippen LogP contribution in [-0.2, 0) is 4.74 Å². The Morgan fingerprint density at radius 1 is 1.42 bits per heavy atom. The number of ether oxygens (including phenoxy) is 1. The summed E-state index contributed by atoms with van der Waals surface area (Å²) in [6.07, 6.45) is -2.43. The molecule has 0 aliphatic carbocycles. The Hall–Kier alpha value is -1.41. The number of halogens is 1. The minimum atomic E-state index is -1.06. The molecule has 1 aromatic heterocycles. The predicted molar refractivity (Wildman–Crippen MR) is 94.5 cm³/mol. The first-order valence-corrected chi connectivity index (χ1v) is 8.74. The van der Waals surface area contributed by atoms with Crippen molar-refractivity contribution in [1.29, 1.82) is 0 Å². The fourth-order valence-electron chi connectivity index (χ4n) is 2.11. The van der Waals surface area contributed by atoms with Gasteiger partial charge in [0.15, 0.2) is 4.47 Å². The third-order valence-corrected chi connectivity index (χ3v) is 4.32. The maximum Gasteiger partial charge on any atom is 0.407 e. The Balaban J connectivity index is 1.88. The summed E-state index contributed by atoms with van der Waals surface area (Å²) in [6.45, 7) is 5.51. The number of carbonyl (C=O) groups excluding carboxylic acids is 1. The SMILES string of the molecule is CC(C)(C)OC(=O)NCCC(O)C(O)c1ccc2nc(Cl)sc2c1. The molecule has 1 heterocycles. The van der Waals surface area contributed by atoms with Crippen molar-refractivity contribution in [2.75, 3.05) is 6.54 Å². The summed E-state index contributed by atoms with van der Waals surface area (Å²) in [5, 5.41) is 22.9. The molecule has 0 aliphatic heterocycles. The number of rotatable bonds is 5. The van der Waals surface area contributed by atoms with E-state index in [-0.39, 0.29) is 13.0 Å². The van der Waals surface area contributed by atoms with Gasteiger partial charge in [-0.2, -0.15) is 0 Å². The van der Waals surface area contributed by atoms with Crippen molar-refractivity contribution in [2.45, 2.75) is 45.0 Å². The molecular weight excluding hydrogens is 352 g/mol. The monoisotopic (exact) mass is 372 g/mol. The number of alkyl carbamates (subject to hydrolysis) is 1. The van der Waals surface area contributed by atoms with Gasteiger partial charge in [0, 0.05) is 6.54 Å². The van der Waals surface area contributed by atoms with Crippen molar-refractivity contribution in [3.8, 4) is 0 Å². The molecule has 2 aromatic rings.